The van der Waals surface area contributed by atoms with Gasteiger partial charge in [0, 0.05) is 32.0 Å². The van der Waals surface area contributed by atoms with Crippen molar-refractivity contribution in [3.63, 3.8) is 0 Å². The SMILES string of the molecule is COc1ccc(N2CCN(C(=O)c3cccn3C)[C@@H](C)C2=O)cc1. The third kappa shape index (κ3) is 2.75. The van der Waals surface area contributed by atoms with E-state index in [-0.39, 0.29) is 11.8 Å². The summed E-state index contributed by atoms with van der Waals surface area (Å²) in [7, 11) is 3.43. The fourth-order valence-electron chi connectivity index (χ4n) is 3.00. The molecule has 0 spiro atoms. The fraction of sp³-hybridized carbons (Fsp3) is 0.333. The molecule has 0 radical (unpaired) electrons. The highest BCUT2D eigenvalue weighted by Gasteiger charge is 2.35. The van der Waals surface area contributed by atoms with Crippen molar-refractivity contribution in [2.24, 2.45) is 7.05 Å². The van der Waals surface area contributed by atoms with Gasteiger partial charge in [-0.25, -0.2) is 0 Å². The van der Waals surface area contributed by atoms with Gasteiger partial charge in [0.15, 0.2) is 0 Å². The minimum atomic E-state index is -0.497. The molecule has 1 aliphatic rings. The Bertz CT molecular complexity index is 751. The van der Waals surface area contributed by atoms with Gasteiger partial charge in [0.25, 0.3) is 5.91 Å². The molecule has 2 heterocycles. The first-order chi connectivity index (χ1) is 11.5. The molecule has 1 aromatic carbocycles. The minimum Gasteiger partial charge on any atom is -0.497 e. The average molecular weight is 327 g/mol. The lowest BCUT2D eigenvalue weighted by Crippen LogP contribution is -2.58. The number of carbonyl (C=O) groups excluding carboxylic acids is 2. The highest BCUT2D eigenvalue weighted by atomic mass is 16.5. The molecule has 6 heteroatoms. The molecule has 0 aliphatic carbocycles. The van der Waals surface area contributed by atoms with Gasteiger partial charge < -0.3 is 19.1 Å². The highest BCUT2D eigenvalue weighted by molar-refractivity contribution is 6.03. The van der Waals surface area contributed by atoms with Crippen LogP contribution in [0.2, 0.25) is 0 Å². The van der Waals surface area contributed by atoms with Crippen molar-refractivity contribution in [1.29, 1.82) is 0 Å². The maximum Gasteiger partial charge on any atom is 0.271 e. The van der Waals surface area contributed by atoms with E-state index in [9.17, 15) is 9.59 Å². The maximum absolute atomic E-state index is 12.7. The number of ether oxygens (including phenoxy) is 1. The zero-order chi connectivity index (χ0) is 17.3. The van der Waals surface area contributed by atoms with Gasteiger partial charge in [-0.3, -0.25) is 9.59 Å². The predicted octanol–water partition coefficient (Wildman–Crippen LogP) is 1.91. The van der Waals surface area contributed by atoms with Crippen molar-refractivity contribution in [2.45, 2.75) is 13.0 Å². The van der Waals surface area contributed by atoms with Crippen molar-refractivity contribution in [2.75, 3.05) is 25.1 Å². The van der Waals surface area contributed by atoms with E-state index in [0.717, 1.165) is 11.4 Å². The van der Waals surface area contributed by atoms with Crippen molar-refractivity contribution < 1.29 is 14.3 Å². The summed E-state index contributed by atoms with van der Waals surface area (Å²) in [6.45, 7) is 2.76. The third-order valence-electron chi connectivity index (χ3n) is 4.46. The van der Waals surface area contributed by atoms with Gasteiger partial charge in [-0.05, 0) is 43.3 Å². The summed E-state index contributed by atoms with van der Waals surface area (Å²) in [6, 6.07) is 10.5. The van der Waals surface area contributed by atoms with Crippen LogP contribution in [0.15, 0.2) is 42.6 Å². The average Bonchev–Trinajstić information content (AvgIpc) is 3.03. The first-order valence-electron chi connectivity index (χ1n) is 7.90. The summed E-state index contributed by atoms with van der Waals surface area (Å²) in [5, 5.41) is 0. The lowest BCUT2D eigenvalue weighted by Gasteiger charge is -2.39. The second-order valence-electron chi connectivity index (χ2n) is 5.87. The van der Waals surface area contributed by atoms with Gasteiger partial charge in [0.1, 0.15) is 17.5 Å². The van der Waals surface area contributed by atoms with Gasteiger partial charge >= 0.3 is 0 Å². The van der Waals surface area contributed by atoms with Crippen LogP contribution in [0.5, 0.6) is 5.75 Å². The fourth-order valence-corrected chi connectivity index (χ4v) is 3.00. The van der Waals surface area contributed by atoms with Crippen LogP contribution < -0.4 is 9.64 Å². The Morgan fingerprint density at radius 1 is 1.17 bits per heavy atom. The monoisotopic (exact) mass is 327 g/mol. The number of amides is 2. The van der Waals surface area contributed by atoms with Crippen LogP contribution in [0.25, 0.3) is 0 Å². The molecule has 2 aromatic rings. The van der Waals surface area contributed by atoms with E-state index < -0.39 is 6.04 Å². The summed E-state index contributed by atoms with van der Waals surface area (Å²) in [5.74, 6) is 0.559. The number of hydrogen-bond acceptors (Lipinski definition) is 3. The van der Waals surface area contributed by atoms with E-state index in [1.807, 2.05) is 43.6 Å². The van der Waals surface area contributed by atoms with E-state index in [0.29, 0.717) is 18.8 Å². The molecule has 6 nitrogen and oxygen atoms in total. The molecule has 2 amide bonds. The topological polar surface area (TPSA) is 54.8 Å². The molecule has 0 bridgehead atoms. The molecule has 1 saturated heterocycles. The summed E-state index contributed by atoms with van der Waals surface area (Å²) in [6.07, 6.45) is 1.83. The molecular formula is C18H21N3O3. The number of hydrogen-bond donors (Lipinski definition) is 0. The zero-order valence-corrected chi connectivity index (χ0v) is 14.1. The number of rotatable bonds is 3. The molecule has 1 aliphatic heterocycles. The van der Waals surface area contributed by atoms with E-state index >= 15 is 0 Å². The standard InChI is InChI=1S/C18H21N3O3/c1-13-17(22)21(14-6-8-15(24-3)9-7-14)12-11-20(13)18(23)16-5-4-10-19(16)2/h4-10,13H,11-12H2,1-3H3/t13-/m0/s1. The number of benzene rings is 1. The van der Waals surface area contributed by atoms with Crippen molar-refractivity contribution in [3.05, 3.63) is 48.3 Å². The Kier molecular flexibility index (Phi) is 4.29. The zero-order valence-electron chi connectivity index (χ0n) is 14.1. The van der Waals surface area contributed by atoms with Crippen LogP contribution in [-0.4, -0.2) is 47.5 Å². The van der Waals surface area contributed by atoms with Crippen LogP contribution in [0.4, 0.5) is 5.69 Å². The first-order valence-corrected chi connectivity index (χ1v) is 7.90. The third-order valence-corrected chi connectivity index (χ3v) is 4.46. The van der Waals surface area contributed by atoms with E-state index in [2.05, 4.69) is 0 Å². The lowest BCUT2D eigenvalue weighted by molar-refractivity contribution is -0.124. The van der Waals surface area contributed by atoms with Crippen LogP contribution in [0.3, 0.4) is 0 Å². The number of aryl methyl sites for hydroxylation is 1. The molecule has 0 N–H and O–H groups in total. The Balaban J connectivity index is 1.78. The lowest BCUT2D eigenvalue weighted by atomic mass is 10.1. The minimum absolute atomic E-state index is 0.0750. The summed E-state index contributed by atoms with van der Waals surface area (Å²) in [4.78, 5) is 28.8. The smallest absolute Gasteiger partial charge is 0.271 e. The Morgan fingerprint density at radius 2 is 1.88 bits per heavy atom. The number of nitrogens with zero attached hydrogens (tertiary/aromatic N) is 3. The molecule has 1 fully saturated rings. The second-order valence-corrected chi connectivity index (χ2v) is 5.87. The molecule has 3 rings (SSSR count). The molecule has 1 aromatic heterocycles. The van der Waals surface area contributed by atoms with Crippen molar-refractivity contribution in [1.82, 2.24) is 9.47 Å². The quantitative estimate of drug-likeness (QED) is 0.865. The van der Waals surface area contributed by atoms with Gasteiger partial charge in [0.2, 0.25) is 5.91 Å². The highest BCUT2D eigenvalue weighted by Crippen LogP contribution is 2.24. The van der Waals surface area contributed by atoms with Crippen molar-refractivity contribution >= 4 is 17.5 Å². The second kappa shape index (κ2) is 6.39. The number of anilines is 1. The summed E-state index contributed by atoms with van der Waals surface area (Å²) >= 11 is 0. The van der Waals surface area contributed by atoms with E-state index in [1.54, 1.807) is 34.5 Å². The summed E-state index contributed by atoms with van der Waals surface area (Å²) in [5.41, 5.74) is 1.41. The first kappa shape index (κ1) is 16.1. The Labute approximate surface area is 141 Å². The molecule has 24 heavy (non-hydrogen) atoms. The Morgan fingerprint density at radius 3 is 2.46 bits per heavy atom. The van der Waals surface area contributed by atoms with Crippen LogP contribution >= 0.6 is 0 Å². The normalized spacial score (nSPS) is 18.0. The van der Waals surface area contributed by atoms with Crippen molar-refractivity contribution in [3.8, 4) is 5.75 Å². The Hall–Kier alpha value is -2.76. The maximum atomic E-state index is 12.7. The largest absolute Gasteiger partial charge is 0.497 e. The molecular weight excluding hydrogens is 306 g/mol. The molecule has 126 valence electrons. The molecule has 0 unspecified atom stereocenters. The number of aromatic nitrogens is 1. The number of carbonyl (C=O) groups is 2. The predicted molar refractivity (Wildman–Crippen MR) is 91.3 cm³/mol. The number of piperazine rings is 1. The van der Waals surface area contributed by atoms with Crippen LogP contribution in [0.1, 0.15) is 17.4 Å². The van der Waals surface area contributed by atoms with Gasteiger partial charge in [-0.2, -0.15) is 0 Å². The van der Waals surface area contributed by atoms with Gasteiger partial charge in [0.05, 0.1) is 7.11 Å². The van der Waals surface area contributed by atoms with Gasteiger partial charge in [-0.1, -0.05) is 0 Å². The molecule has 0 saturated carbocycles. The summed E-state index contributed by atoms with van der Waals surface area (Å²) < 4.78 is 6.92. The number of methoxy groups -OCH3 is 1. The van der Waals surface area contributed by atoms with E-state index in [1.165, 1.54) is 0 Å². The van der Waals surface area contributed by atoms with Crippen LogP contribution in [0, 0.1) is 0 Å². The van der Waals surface area contributed by atoms with E-state index in [4.69, 9.17) is 4.74 Å². The molecule has 1 atom stereocenters. The van der Waals surface area contributed by atoms with Gasteiger partial charge in [-0.15, -0.1) is 0 Å². The van der Waals surface area contributed by atoms with Crippen LogP contribution in [-0.2, 0) is 11.8 Å².